The summed E-state index contributed by atoms with van der Waals surface area (Å²) in [6.07, 6.45) is -0.796. The first-order valence-corrected chi connectivity index (χ1v) is 12.4. The van der Waals surface area contributed by atoms with Gasteiger partial charge in [0.1, 0.15) is 23.8 Å². The maximum Gasteiger partial charge on any atom is 0.408 e. The van der Waals surface area contributed by atoms with Crippen LogP contribution in [-0.4, -0.2) is 22.0 Å². The number of aliphatic imine (C=N–C) groups is 1. The third-order valence-electron chi connectivity index (χ3n) is 5.53. The maximum atomic E-state index is 13.9. The molecule has 9 heteroatoms. The van der Waals surface area contributed by atoms with Crippen molar-refractivity contribution in [1.82, 2.24) is 5.32 Å². The molecule has 192 valence electrons. The molecule has 37 heavy (non-hydrogen) atoms. The number of carbonyl (C=O) groups is 2. The standard InChI is InChI=1S/C28H26F2N2O4S/c1-27(2,3)36-25(34)31-23(19-9-13-21(29)14-10-19)28(20-11-15-22(30)16-12-20)24(33)37-26(32-28)35-17-18-7-5-4-6-8-18/h4-16,23H,17H2,1-3H3,(H,31,34)/t23-,28-/m0/s1. The summed E-state index contributed by atoms with van der Waals surface area (Å²) < 4.78 is 39.0. The fourth-order valence-electron chi connectivity index (χ4n) is 3.90. The molecule has 0 saturated heterocycles. The summed E-state index contributed by atoms with van der Waals surface area (Å²) in [6.45, 7) is 5.29. The number of thioether (sulfide) groups is 1. The van der Waals surface area contributed by atoms with Crippen molar-refractivity contribution in [3.63, 3.8) is 0 Å². The van der Waals surface area contributed by atoms with Crippen molar-refractivity contribution in [2.75, 3.05) is 0 Å². The van der Waals surface area contributed by atoms with E-state index >= 15 is 0 Å². The third-order valence-corrected chi connectivity index (χ3v) is 6.41. The number of rotatable bonds is 6. The van der Waals surface area contributed by atoms with Crippen molar-refractivity contribution in [2.24, 2.45) is 4.99 Å². The second kappa shape index (κ2) is 10.7. The summed E-state index contributed by atoms with van der Waals surface area (Å²) in [5.41, 5.74) is -0.950. The third kappa shape index (κ3) is 6.17. The van der Waals surface area contributed by atoms with E-state index in [0.717, 1.165) is 17.3 Å². The summed E-state index contributed by atoms with van der Waals surface area (Å²) in [5.74, 6) is -0.988. The lowest BCUT2D eigenvalue weighted by Gasteiger charge is -2.34. The molecule has 3 aromatic carbocycles. The number of hydrogen-bond donors (Lipinski definition) is 1. The molecule has 0 saturated carbocycles. The van der Waals surface area contributed by atoms with Gasteiger partial charge in [0.25, 0.3) is 5.23 Å². The van der Waals surface area contributed by atoms with Gasteiger partial charge >= 0.3 is 6.09 Å². The molecule has 0 radical (unpaired) electrons. The summed E-state index contributed by atoms with van der Waals surface area (Å²) in [6, 6.07) is 18.9. The highest BCUT2D eigenvalue weighted by Gasteiger charge is 2.54. The van der Waals surface area contributed by atoms with E-state index in [1.54, 1.807) is 20.8 Å². The molecule has 0 aliphatic carbocycles. The zero-order valence-electron chi connectivity index (χ0n) is 20.5. The molecule has 3 aromatic rings. The molecule has 1 aliphatic heterocycles. The number of nitrogens with zero attached hydrogens (tertiary/aromatic N) is 1. The first-order chi connectivity index (χ1) is 17.6. The number of benzene rings is 3. The van der Waals surface area contributed by atoms with Crippen molar-refractivity contribution in [3.05, 3.63) is 107 Å². The fourth-order valence-corrected chi connectivity index (χ4v) is 4.80. The van der Waals surface area contributed by atoms with Gasteiger partial charge in [-0.1, -0.05) is 54.6 Å². The lowest BCUT2D eigenvalue weighted by atomic mass is 9.80. The van der Waals surface area contributed by atoms with Gasteiger partial charge in [0.2, 0.25) is 5.12 Å². The average Bonchev–Trinajstić information content (AvgIpc) is 3.18. The van der Waals surface area contributed by atoms with Gasteiger partial charge in [0.05, 0.1) is 6.04 Å². The predicted molar refractivity (Wildman–Crippen MR) is 138 cm³/mol. The smallest absolute Gasteiger partial charge is 0.408 e. The summed E-state index contributed by atoms with van der Waals surface area (Å²) >= 11 is 0.786. The predicted octanol–water partition coefficient (Wildman–Crippen LogP) is 6.27. The molecule has 4 rings (SSSR count). The van der Waals surface area contributed by atoms with E-state index in [4.69, 9.17) is 9.47 Å². The minimum absolute atomic E-state index is 0.0938. The van der Waals surface area contributed by atoms with Gasteiger partial charge in [-0.15, -0.1) is 0 Å². The molecule has 0 spiro atoms. The van der Waals surface area contributed by atoms with Crippen LogP contribution in [0, 0.1) is 11.6 Å². The Balaban J connectivity index is 1.81. The number of carbonyl (C=O) groups excluding carboxylic acids is 2. The fraction of sp³-hybridized carbons (Fsp3) is 0.250. The number of amides is 1. The zero-order chi connectivity index (χ0) is 26.6. The number of hydrogen-bond acceptors (Lipinski definition) is 6. The molecule has 1 N–H and O–H groups in total. The van der Waals surface area contributed by atoms with Crippen LogP contribution in [0.15, 0.2) is 83.9 Å². The van der Waals surface area contributed by atoms with Gasteiger partial charge in [0, 0.05) is 11.8 Å². The first-order valence-electron chi connectivity index (χ1n) is 11.6. The van der Waals surface area contributed by atoms with E-state index < -0.39 is 40.0 Å². The monoisotopic (exact) mass is 524 g/mol. The Morgan fingerprint density at radius 2 is 1.57 bits per heavy atom. The Morgan fingerprint density at radius 1 is 0.973 bits per heavy atom. The van der Waals surface area contributed by atoms with Crippen LogP contribution in [0.4, 0.5) is 13.6 Å². The van der Waals surface area contributed by atoms with Crippen LogP contribution in [-0.2, 0) is 26.4 Å². The summed E-state index contributed by atoms with van der Waals surface area (Å²) in [4.78, 5) is 31.4. The molecular formula is C28H26F2N2O4S. The Bertz CT molecular complexity index is 1290. The van der Waals surface area contributed by atoms with E-state index in [2.05, 4.69) is 10.3 Å². The minimum atomic E-state index is -1.74. The second-order valence-electron chi connectivity index (χ2n) is 9.45. The molecule has 0 fully saturated rings. The average molecular weight is 525 g/mol. The van der Waals surface area contributed by atoms with Gasteiger partial charge in [-0.3, -0.25) is 4.79 Å². The highest BCUT2D eigenvalue weighted by atomic mass is 32.2. The van der Waals surface area contributed by atoms with Crippen LogP contribution in [0.5, 0.6) is 0 Å². The molecule has 0 bridgehead atoms. The van der Waals surface area contributed by atoms with Gasteiger partial charge < -0.3 is 14.8 Å². The lowest BCUT2D eigenvalue weighted by molar-refractivity contribution is -0.116. The highest BCUT2D eigenvalue weighted by Crippen LogP contribution is 2.48. The normalized spacial score (nSPS) is 18.2. The van der Waals surface area contributed by atoms with Crippen LogP contribution in [0.3, 0.4) is 0 Å². The van der Waals surface area contributed by atoms with Gasteiger partial charge in [-0.2, -0.15) is 0 Å². The second-order valence-corrected chi connectivity index (χ2v) is 10.4. The van der Waals surface area contributed by atoms with E-state index in [-0.39, 0.29) is 11.8 Å². The molecule has 1 heterocycles. The molecule has 0 aromatic heterocycles. The lowest BCUT2D eigenvalue weighted by Crippen LogP contribution is -2.47. The van der Waals surface area contributed by atoms with Crippen molar-refractivity contribution in [3.8, 4) is 0 Å². The van der Waals surface area contributed by atoms with Gasteiger partial charge in [-0.25, -0.2) is 18.6 Å². The van der Waals surface area contributed by atoms with Crippen LogP contribution >= 0.6 is 11.8 Å². The van der Waals surface area contributed by atoms with E-state index in [1.165, 1.54) is 48.5 Å². The maximum absolute atomic E-state index is 13.9. The largest absolute Gasteiger partial charge is 0.468 e. The van der Waals surface area contributed by atoms with Crippen molar-refractivity contribution >= 4 is 28.2 Å². The van der Waals surface area contributed by atoms with Gasteiger partial charge in [0.15, 0.2) is 5.54 Å². The van der Waals surface area contributed by atoms with Crippen molar-refractivity contribution in [2.45, 2.75) is 44.6 Å². The first kappa shape index (κ1) is 26.3. The molecule has 2 atom stereocenters. The van der Waals surface area contributed by atoms with E-state index in [0.29, 0.717) is 11.1 Å². The summed E-state index contributed by atoms with van der Waals surface area (Å²) in [7, 11) is 0. The highest BCUT2D eigenvalue weighted by molar-refractivity contribution is 8.26. The van der Waals surface area contributed by atoms with Crippen LogP contribution in [0.25, 0.3) is 0 Å². The number of nitrogens with one attached hydrogen (secondary N) is 1. The van der Waals surface area contributed by atoms with Crippen molar-refractivity contribution < 1.29 is 27.8 Å². The van der Waals surface area contributed by atoms with E-state index in [9.17, 15) is 18.4 Å². The Labute approximate surface area is 218 Å². The van der Waals surface area contributed by atoms with Crippen LogP contribution in [0.2, 0.25) is 0 Å². The quantitative estimate of drug-likeness (QED) is 0.411. The van der Waals surface area contributed by atoms with Crippen molar-refractivity contribution in [1.29, 1.82) is 0 Å². The van der Waals surface area contributed by atoms with Gasteiger partial charge in [-0.05, 0) is 61.7 Å². The number of ether oxygens (including phenoxy) is 2. The van der Waals surface area contributed by atoms with Crippen LogP contribution < -0.4 is 5.32 Å². The van der Waals surface area contributed by atoms with Crippen LogP contribution in [0.1, 0.15) is 43.5 Å². The minimum Gasteiger partial charge on any atom is -0.468 e. The van der Waals surface area contributed by atoms with E-state index in [1.807, 2.05) is 30.3 Å². The Kier molecular flexibility index (Phi) is 7.63. The Hall–Kier alpha value is -3.72. The molecule has 1 amide bonds. The Morgan fingerprint density at radius 3 is 2.16 bits per heavy atom. The summed E-state index contributed by atoms with van der Waals surface area (Å²) in [5, 5.41) is 2.40. The zero-order valence-corrected chi connectivity index (χ0v) is 21.4. The molecular weight excluding hydrogens is 498 g/mol. The number of alkyl carbamates (subject to hydrolysis) is 1. The molecule has 6 nitrogen and oxygen atoms in total. The molecule has 1 aliphatic rings. The SMILES string of the molecule is CC(C)(C)OC(=O)N[C@@H](c1ccc(F)cc1)[C@]1(c2ccc(F)cc2)N=C(OCc2ccccc2)SC1=O. The topological polar surface area (TPSA) is 77.0 Å². The molecule has 0 unspecified atom stereocenters. The number of halogens is 2.